The average molecular weight is 391 g/mol. The van der Waals surface area contributed by atoms with Crippen LogP contribution >= 0.6 is 0 Å². The molecule has 0 saturated carbocycles. The second-order valence-electron chi connectivity index (χ2n) is 6.67. The van der Waals surface area contributed by atoms with Crippen LogP contribution in [-0.2, 0) is 6.54 Å². The van der Waals surface area contributed by atoms with E-state index in [2.05, 4.69) is 20.3 Å². The molecule has 0 radical (unpaired) electrons. The lowest BCUT2D eigenvalue weighted by Crippen LogP contribution is -2.41. The highest BCUT2D eigenvalue weighted by atomic mass is 16.6. The number of hydrogen-bond donors (Lipinski definition) is 1. The number of rotatable bonds is 6. The second-order valence-corrected chi connectivity index (χ2v) is 6.67. The monoisotopic (exact) mass is 391 g/mol. The summed E-state index contributed by atoms with van der Waals surface area (Å²) < 4.78 is 11.6. The predicted molar refractivity (Wildman–Crippen MR) is 107 cm³/mol. The number of amides is 1. The van der Waals surface area contributed by atoms with Gasteiger partial charge in [0, 0.05) is 19.4 Å². The van der Waals surface area contributed by atoms with Gasteiger partial charge >= 0.3 is 0 Å². The fourth-order valence-electron chi connectivity index (χ4n) is 2.99. The summed E-state index contributed by atoms with van der Waals surface area (Å²) in [6.45, 7) is 1.35. The molecular weight excluding hydrogens is 370 g/mol. The van der Waals surface area contributed by atoms with Gasteiger partial charge in [0.15, 0.2) is 17.6 Å². The highest BCUT2D eigenvalue weighted by Gasteiger charge is 2.24. The summed E-state index contributed by atoms with van der Waals surface area (Å²) in [7, 11) is 1.74. The van der Waals surface area contributed by atoms with E-state index in [1.807, 2.05) is 30.3 Å². The maximum atomic E-state index is 12.7. The fourth-order valence-corrected chi connectivity index (χ4v) is 2.99. The van der Waals surface area contributed by atoms with Crippen molar-refractivity contribution >= 4 is 11.7 Å². The summed E-state index contributed by atoms with van der Waals surface area (Å²) >= 11 is 0. The fraction of sp³-hybridized carbons (Fsp3) is 0.238. The SMILES string of the molecule is CN(CC1COc2ccccc2O1)C(=O)c1ccc(NCc2ccncn2)nc1. The van der Waals surface area contributed by atoms with E-state index < -0.39 is 0 Å². The van der Waals surface area contributed by atoms with E-state index >= 15 is 0 Å². The number of nitrogens with zero attached hydrogens (tertiary/aromatic N) is 4. The van der Waals surface area contributed by atoms with Crippen LogP contribution in [-0.4, -0.2) is 52.1 Å². The number of nitrogens with one attached hydrogen (secondary N) is 1. The zero-order chi connectivity index (χ0) is 20.1. The lowest BCUT2D eigenvalue weighted by molar-refractivity contribution is 0.0520. The van der Waals surface area contributed by atoms with Crippen LogP contribution in [0.5, 0.6) is 11.5 Å². The Morgan fingerprint density at radius 2 is 2.03 bits per heavy atom. The zero-order valence-electron chi connectivity index (χ0n) is 16.0. The van der Waals surface area contributed by atoms with Gasteiger partial charge in [-0.1, -0.05) is 12.1 Å². The summed E-state index contributed by atoms with van der Waals surface area (Å²) in [5, 5.41) is 3.17. The number of anilines is 1. The Balaban J connectivity index is 1.32. The minimum Gasteiger partial charge on any atom is -0.486 e. The first kappa shape index (κ1) is 18.7. The van der Waals surface area contributed by atoms with E-state index in [0.29, 0.717) is 36.8 Å². The Kier molecular flexibility index (Phi) is 5.51. The van der Waals surface area contributed by atoms with Crippen LogP contribution in [0.15, 0.2) is 61.2 Å². The number of carbonyl (C=O) groups excluding carboxylic acids is 1. The second kappa shape index (κ2) is 8.55. The van der Waals surface area contributed by atoms with Gasteiger partial charge < -0.3 is 19.7 Å². The van der Waals surface area contributed by atoms with Gasteiger partial charge in [-0.15, -0.1) is 0 Å². The molecule has 1 aliphatic heterocycles. The number of carbonyl (C=O) groups is 1. The number of hydrogen-bond acceptors (Lipinski definition) is 7. The van der Waals surface area contributed by atoms with Gasteiger partial charge in [-0.3, -0.25) is 4.79 Å². The molecule has 0 spiro atoms. The first-order valence-electron chi connectivity index (χ1n) is 9.28. The maximum absolute atomic E-state index is 12.7. The van der Waals surface area contributed by atoms with Crippen LogP contribution in [0.3, 0.4) is 0 Å². The summed E-state index contributed by atoms with van der Waals surface area (Å²) in [6, 6.07) is 12.9. The van der Waals surface area contributed by atoms with Gasteiger partial charge in [-0.25, -0.2) is 15.0 Å². The standard InChI is InChI=1S/C21H21N5O3/c1-26(12-17-13-28-18-4-2-3-5-19(18)29-17)21(27)15-6-7-20(23-10-15)24-11-16-8-9-22-14-25-16/h2-10,14,17H,11-13H2,1H3,(H,23,24). The summed E-state index contributed by atoms with van der Waals surface area (Å²) in [5.41, 5.74) is 1.37. The van der Waals surface area contributed by atoms with Crippen LogP contribution < -0.4 is 14.8 Å². The average Bonchev–Trinajstić information content (AvgIpc) is 2.78. The van der Waals surface area contributed by atoms with E-state index in [1.54, 1.807) is 36.5 Å². The minimum absolute atomic E-state index is 0.123. The Hall–Kier alpha value is -3.68. The third-order valence-electron chi connectivity index (χ3n) is 4.50. The quantitative estimate of drug-likeness (QED) is 0.690. The molecule has 1 aliphatic rings. The molecule has 0 saturated heterocycles. The van der Waals surface area contributed by atoms with E-state index in [-0.39, 0.29) is 12.0 Å². The molecule has 4 rings (SSSR count). The summed E-state index contributed by atoms with van der Waals surface area (Å²) in [6.07, 6.45) is 4.53. The van der Waals surface area contributed by atoms with Crippen molar-refractivity contribution in [1.82, 2.24) is 19.9 Å². The lowest BCUT2D eigenvalue weighted by Gasteiger charge is -2.29. The molecule has 148 valence electrons. The molecule has 1 atom stereocenters. The Labute approximate surface area is 168 Å². The molecule has 3 aromatic rings. The molecule has 1 N–H and O–H groups in total. The zero-order valence-corrected chi connectivity index (χ0v) is 16.0. The van der Waals surface area contributed by atoms with Crippen molar-refractivity contribution in [2.45, 2.75) is 12.6 Å². The number of likely N-dealkylation sites (N-methyl/N-ethyl adjacent to an activating group) is 1. The first-order chi connectivity index (χ1) is 14.2. The van der Waals surface area contributed by atoms with E-state index in [0.717, 1.165) is 11.4 Å². The molecule has 1 amide bonds. The van der Waals surface area contributed by atoms with Crippen LogP contribution in [0, 0.1) is 0 Å². The Bertz CT molecular complexity index is 966. The minimum atomic E-state index is -0.222. The number of aromatic nitrogens is 3. The third kappa shape index (κ3) is 4.60. The highest BCUT2D eigenvalue weighted by Crippen LogP contribution is 2.31. The van der Waals surface area contributed by atoms with Crippen LogP contribution in [0.4, 0.5) is 5.82 Å². The van der Waals surface area contributed by atoms with Crippen molar-refractivity contribution in [1.29, 1.82) is 0 Å². The number of fused-ring (bicyclic) bond motifs is 1. The molecule has 3 heterocycles. The van der Waals surface area contributed by atoms with Crippen LogP contribution in [0.1, 0.15) is 16.1 Å². The molecule has 0 bridgehead atoms. The van der Waals surface area contributed by atoms with Crippen molar-refractivity contribution in [3.63, 3.8) is 0 Å². The number of pyridine rings is 1. The summed E-state index contributed by atoms with van der Waals surface area (Å²) in [5.74, 6) is 1.98. The van der Waals surface area contributed by atoms with Crippen molar-refractivity contribution in [2.24, 2.45) is 0 Å². The molecule has 29 heavy (non-hydrogen) atoms. The maximum Gasteiger partial charge on any atom is 0.255 e. The van der Waals surface area contributed by atoms with Gasteiger partial charge in [0.05, 0.1) is 24.3 Å². The highest BCUT2D eigenvalue weighted by molar-refractivity contribution is 5.93. The number of para-hydroxylation sites is 2. The number of ether oxygens (including phenoxy) is 2. The number of benzene rings is 1. The Morgan fingerprint density at radius 1 is 1.17 bits per heavy atom. The van der Waals surface area contributed by atoms with Crippen LogP contribution in [0.25, 0.3) is 0 Å². The predicted octanol–water partition coefficient (Wildman–Crippen LogP) is 2.40. The van der Waals surface area contributed by atoms with Gasteiger partial charge in [-0.05, 0) is 30.3 Å². The molecule has 0 fully saturated rings. The molecule has 8 heteroatoms. The smallest absolute Gasteiger partial charge is 0.255 e. The van der Waals surface area contributed by atoms with E-state index in [1.165, 1.54) is 6.33 Å². The third-order valence-corrected chi connectivity index (χ3v) is 4.50. The lowest BCUT2D eigenvalue weighted by atomic mass is 10.2. The van der Waals surface area contributed by atoms with Gasteiger partial charge in [0.25, 0.3) is 5.91 Å². The largest absolute Gasteiger partial charge is 0.486 e. The Morgan fingerprint density at radius 3 is 2.79 bits per heavy atom. The normalized spacial score (nSPS) is 14.9. The molecule has 1 unspecified atom stereocenters. The first-order valence-corrected chi connectivity index (χ1v) is 9.28. The van der Waals surface area contributed by atoms with Gasteiger partial charge in [0.1, 0.15) is 18.8 Å². The molecule has 0 aliphatic carbocycles. The molecular formula is C21H21N5O3. The van der Waals surface area contributed by atoms with Crippen molar-refractivity contribution in [3.05, 3.63) is 72.4 Å². The van der Waals surface area contributed by atoms with E-state index in [4.69, 9.17) is 9.47 Å². The molecule has 8 nitrogen and oxygen atoms in total. The topological polar surface area (TPSA) is 89.5 Å². The van der Waals surface area contributed by atoms with Crippen molar-refractivity contribution in [2.75, 3.05) is 25.5 Å². The van der Waals surface area contributed by atoms with Crippen molar-refractivity contribution in [3.8, 4) is 11.5 Å². The van der Waals surface area contributed by atoms with Crippen LogP contribution in [0.2, 0.25) is 0 Å². The molecule has 1 aromatic carbocycles. The van der Waals surface area contributed by atoms with Crippen molar-refractivity contribution < 1.29 is 14.3 Å². The van der Waals surface area contributed by atoms with Gasteiger partial charge in [0.2, 0.25) is 0 Å². The van der Waals surface area contributed by atoms with Gasteiger partial charge in [-0.2, -0.15) is 0 Å². The summed E-state index contributed by atoms with van der Waals surface area (Å²) in [4.78, 5) is 26.7. The van der Waals surface area contributed by atoms with E-state index in [9.17, 15) is 4.79 Å². The molecule has 2 aromatic heterocycles.